The van der Waals surface area contributed by atoms with Gasteiger partial charge >= 0.3 is 0 Å². The molecule has 2 N–H and O–H groups in total. The number of aromatic nitrogens is 1. The number of carbonyl (C=O) groups is 1. The van der Waals surface area contributed by atoms with E-state index in [1.54, 1.807) is 29.5 Å². The molecule has 1 aromatic carbocycles. The van der Waals surface area contributed by atoms with Crippen LogP contribution in [-0.4, -0.2) is 26.8 Å². The molecule has 1 amide bonds. The van der Waals surface area contributed by atoms with Gasteiger partial charge in [-0.25, -0.2) is 0 Å². The number of nitroso groups, excluding NO2 is 1. The highest BCUT2D eigenvalue weighted by atomic mass is 16.3. The Hall–Kier alpha value is -3.14. The number of rotatable bonds is 5. The van der Waals surface area contributed by atoms with Gasteiger partial charge in [-0.15, -0.1) is 0 Å². The van der Waals surface area contributed by atoms with Gasteiger partial charge in [0.05, 0.1) is 11.3 Å². The molecule has 1 aliphatic rings. The molecule has 7 nitrogen and oxygen atoms in total. The Labute approximate surface area is 152 Å². The van der Waals surface area contributed by atoms with Gasteiger partial charge in [0.25, 0.3) is 5.69 Å². The van der Waals surface area contributed by atoms with Crippen molar-refractivity contribution in [3.05, 3.63) is 64.7 Å². The molecule has 2 heterocycles. The second-order valence-corrected chi connectivity index (χ2v) is 6.33. The monoisotopic (exact) mass is 351 g/mol. The van der Waals surface area contributed by atoms with Crippen molar-refractivity contribution >= 4 is 11.6 Å². The molecule has 1 aromatic heterocycles. The van der Waals surface area contributed by atoms with Crippen molar-refractivity contribution in [3.63, 3.8) is 0 Å². The molecule has 0 aliphatic carbocycles. The highest BCUT2D eigenvalue weighted by Crippen LogP contribution is 2.23. The summed E-state index contributed by atoms with van der Waals surface area (Å²) < 4.78 is 1.83. The first-order valence-electron chi connectivity index (χ1n) is 8.59. The number of amides is 1. The molecule has 1 radical (unpaired) electrons. The van der Waals surface area contributed by atoms with Gasteiger partial charge in [0.15, 0.2) is 4.87 Å². The zero-order chi connectivity index (χ0) is 18.5. The van der Waals surface area contributed by atoms with Crippen LogP contribution in [0.3, 0.4) is 0 Å². The molecule has 0 saturated heterocycles. The first kappa shape index (κ1) is 17.7. The van der Waals surface area contributed by atoms with E-state index < -0.39 is 0 Å². The van der Waals surface area contributed by atoms with Gasteiger partial charge in [0.1, 0.15) is 11.8 Å². The number of hydrogen-bond acceptors (Lipinski definition) is 3. The summed E-state index contributed by atoms with van der Waals surface area (Å²) >= 11 is 0. The lowest BCUT2D eigenvalue weighted by molar-refractivity contribution is -0.474. The van der Waals surface area contributed by atoms with Gasteiger partial charge in [0, 0.05) is 38.0 Å². The minimum atomic E-state index is -0.0272. The van der Waals surface area contributed by atoms with Gasteiger partial charge in [0.2, 0.25) is 5.91 Å². The highest BCUT2D eigenvalue weighted by Gasteiger charge is 2.21. The zero-order valence-corrected chi connectivity index (χ0v) is 14.5. The minimum Gasteiger partial charge on any atom is -0.339 e. The van der Waals surface area contributed by atoms with Crippen LogP contribution in [0.2, 0.25) is 0 Å². The van der Waals surface area contributed by atoms with E-state index in [4.69, 9.17) is 11.1 Å². The highest BCUT2D eigenvalue weighted by molar-refractivity contribution is 5.84. The number of hydrazine groups is 1. The van der Waals surface area contributed by atoms with Crippen LogP contribution in [0.4, 0.5) is 5.69 Å². The smallest absolute Gasteiger partial charge is 0.292 e. The summed E-state index contributed by atoms with van der Waals surface area (Å²) in [6.45, 7) is 1.74. The van der Waals surface area contributed by atoms with Crippen molar-refractivity contribution in [2.24, 2.45) is 5.84 Å². The van der Waals surface area contributed by atoms with E-state index >= 15 is 0 Å². The van der Waals surface area contributed by atoms with Gasteiger partial charge in [-0.05, 0) is 42.5 Å². The number of hydrogen-bond donors (Lipinski definition) is 1. The molecule has 0 fully saturated rings. The van der Waals surface area contributed by atoms with E-state index in [0.29, 0.717) is 42.3 Å². The van der Waals surface area contributed by atoms with E-state index in [-0.39, 0.29) is 5.91 Å². The summed E-state index contributed by atoms with van der Waals surface area (Å²) in [7, 11) is 0. The fraction of sp³-hybridized carbons (Fsp3) is 0.316. The van der Waals surface area contributed by atoms with E-state index in [0.717, 1.165) is 24.0 Å². The van der Waals surface area contributed by atoms with Crippen molar-refractivity contribution in [1.29, 1.82) is 5.26 Å². The molecule has 26 heavy (non-hydrogen) atoms. The predicted octanol–water partition coefficient (Wildman–Crippen LogP) is 2.21. The Morgan fingerprint density at radius 1 is 1.35 bits per heavy atom. The summed E-state index contributed by atoms with van der Waals surface area (Å²) in [5.41, 5.74) is 3.09. The van der Waals surface area contributed by atoms with Gasteiger partial charge in [-0.3, -0.25) is 4.79 Å². The number of fused-ring (bicyclic) bond motifs is 1. The van der Waals surface area contributed by atoms with Crippen LogP contribution < -0.4 is 5.84 Å². The lowest BCUT2D eigenvalue weighted by atomic mass is 10.0. The molecule has 0 spiro atoms. The molecule has 2 aromatic rings. The normalized spacial score (nSPS) is 13.6. The summed E-state index contributed by atoms with van der Waals surface area (Å²) in [6.07, 6.45) is 5.81. The third kappa shape index (κ3) is 3.91. The fourth-order valence-corrected chi connectivity index (χ4v) is 3.24. The lowest BCUT2D eigenvalue weighted by Gasteiger charge is -2.20. The quantitative estimate of drug-likeness (QED) is 0.507. The molecule has 133 valence electrons. The van der Waals surface area contributed by atoms with E-state index in [1.165, 1.54) is 0 Å². The van der Waals surface area contributed by atoms with Crippen molar-refractivity contribution in [3.8, 4) is 6.07 Å². The Balaban J connectivity index is 1.62. The summed E-state index contributed by atoms with van der Waals surface area (Å²) in [4.78, 5) is 26.0. The Morgan fingerprint density at radius 3 is 2.96 bits per heavy atom. The van der Waals surface area contributed by atoms with Crippen LogP contribution in [0.15, 0.2) is 36.5 Å². The van der Waals surface area contributed by atoms with Crippen molar-refractivity contribution < 1.29 is 9.66 Å². The van der Waals surface area contributed by atoms with Gasteiger partial charge < -0.3 is 9.47 Å². The van der Waals surface area contributed by atoms with Crippen LogP contribution in [0.5, 0.6) is 0 Å². The maximum atomic E-state index is 12.6. The van der Waals surface area contributed by atoms with Crippen LogP contribution in [0, 0.1) is 22.7 Å². The number of benzene rings is 1. The summed E-state index contributed by atoms with van der Waals surface area (Å²) in [5.74, 6) is 5.25. The van der Waals surface area contributed by atoms with E-state index in [2.05, 4.69) is 6.07 Å². The summed E-state index contributed by atoms with van der Waals surface area (Å²) in [5, 5.41) is 9.01. The average Bonchev–Trinajstić information content (AvgIpc) is 2.97. The molecule has 0 atom stereocenters. The molecule has 0 bridgehead atoms. The number of aryl methyl sites for hydroxylation is 2. The number of nitrogens with zero attached hydrogens (tertiary/aromatic N) is 4. The maximum Gasteiger partial charge on any atom is 0.292 e. The molecule has 7 heteroatoms. The SMILES string of the molecule is N#Cc1cccn1CC[CH]C(=O)N1CCCc2ccc([N+](N)=O)cc2C1. The molecule has 0 saturated carbocycles. The molecule has 1 aliphatic heterocycles. The zero-order valence-electron chi connectivity index (χ0n) is 14.5. The van der Waals surface area contributed by atoms with Crippen molar-refractivity contribution in [1.82, 2.24) is 9.47 Å². The first-order chi connectivity index (χ1) is 12.6. The van der Waals surface area contributed by atoms with Crippen LogP contribution >= 0.6 is 0 Å². The lowest BCUT2D eigenvalue weighted by Crippen LogP contribution is -2.31. The number of carbonyl (C=O) groups excluding carboxylic acids is 1. The average molecular weight is 351 g/mol. The third-order valence-corrected chi connectivity index (χ3v) is 4.62. The number of nitriles is 1. The first-order valence-corrected chi connectivity index (χ1v) is 8.59. The molecule has 3 rings (SSSR count). The largest absolute Gasteiger partial charge is 0.339 e. The van der Waals surface area contributed by atoms with Crippen LogP contribution in [-0.2, 0) is 24.3 Å². The van der Waals surface area contributed by atoms with Gasteiger partial charge in [-0.1, -0.05) is 6.07 Å². The predicted molar refractivity (Wildman–Crippen MR) is 95.7 cm³/mol. The Bertz CT molecular complexity index is 865. The number of nitrogens with two attached hydrogens (primary N) is 1. The molecular formula is C19H21N5O2+. The van der Waals surface area contributed by atoms with E-state index in [9.17, 15) is 9.70 Å². The standard InChI is InChI=1S/C19H21N5O2/c20-13-18-5-2-9-22(18)10-3-6-19(25)23-11-1-4-15-7-8-17(24(21)26)12-16(15)14-23/h2,5-9,12H,1,3-4,10-11,14H2,(H2,21,26)/q+1. The fourth-order valence-electron chi connectivity index (χ4n) is 3.24. The maximum absolute atomic E-state index is 12.6. The Morgan fingerprint density at radius 2 is 2.19 bits per heavy atom. The second-order valence-electron chi connectivity index (χ2n) is 6.33. The van der Waals surface area contributed by atoms with Crippen LogP contribution in [0.25, 0.3) is 0 Å². The van der Waals surface area contributed by atoms with Crippen molar-refractivity contribution in [2.75, 3.05) is 6.54 Å². The topological polar surface area (TPSA) is 95.1 Å². The third-order valence-electron chi connectivity index (χ3n) is 4.62. The Kier molecular flexibility index (Phi) is 5.32. The van der Waals surface area contributed by atoms with Crippen molar-refractivity contribution in [2.45, 2.75) is 32.4 Å². The molecule has 0 unspecified atom stereocenters. The molecular weight excluding hydrogens is 330 g/mol. The minimum absolute atomic E-state index is 0.0272. The summed E-state index contributed by atoms with van der Waals surface area (Å²) in [6, 6.07) is 11.1. The van der Waals surface area contributed by atoms with Gasteiger partial charge in [-0.2, -0.15) is 11.1 Å². The van der Waals surface area contributed by atoms with E-state index in [1.807, 2.05) is 22.9 Å². The van der Waals surface area contributed by atoms with Crippen LogP contribution in [0.1, 0.15) is 29.7 Å². The second kappa shape index (κ2) is 7.83.